The third-order valence-electron chi connectivity index (χ3n) is 5.97. The van der Waals surface area contributed by atoms with Gasteiger partial charge in [-0.3, -0.25) is 9.69 Å². The molecule has 0 bridgehead atoms. The van der Waals surface area contributed by atoms with Crippen LogP contribution in [0.4, 0.5) is 5.82 Å². The van der Waals surface area contributed by atoms with Gasteiger partial charge in [-0.25, -0.2) is 4.68 Å². The fraction of sp³-hybridized carbons (Fsp3) is 0.360. The third kappa shape index (κ3) is 4.34. The Balaban J connectivity index is 1.30. The molecule has 7 nitrogen and oxygen atoms in total. The van der Waals surface area contributed by atoms with Crippen LogP contribution in [0, 0.1) is 6.92 Å². The lowest BCUT2D eigenvalue weighted by Crippen LogP contribution is -2.33. The van der Waals surface area contributed by atoms with Gasteiger partial charge in [0.25, 0.3) is 0 Å². The summed E-state index contributed by atoms with van der Waals surface area (Å²) in [5.41, 5.74) is 2.95. The summed E-state index contributed by atoms with van der Waals surface area (Å²) in [6.45, 7) is 4.50. The van der Waals surface area contributed by atoms with E-state index in [0.29, 0.717) is 25.6 Å². The van der Waals surface area contributed by atoms with Crippen molar-refractivity contribution in [3.8, 4) is 17.2 Å². The predicted octanol–water partition coefficient (Wildman–Crippen LogP) is 4.12. The maximum atomic E-state index is 13.0. The summed E-state index contributed by atoms with van der Waals surface area (Å²) in [4.78, 5) is 15.2. The normalized spacial score (nSPS) is 18.3. The van der Waals surface area contributed by atoms with E-state index in [1.54, 1.807) is 4.68 Å². The number of anilines is 1. The van der Waals surface area contributed by atoms with Crippen molar-refractivity contribution in [3.05, 3.63) is 65.9 Å². The van der Waals surface area contributed by atoms with Crippen molar-refractivity contribution < 1.29 is 14.3 Å². The number of para-hydroxylation sites is 1. The maximum absolute atomic E-state index is 13.0. The number of nitrogens with zero attached hydrogens (tertiary/aromatic N) is 3. The zero-order valence-corrected chi connectivity index (χ0v) is 18.3. The van der Waals surface area contributed by atoms with Gasteiger partial charge in [0.15, 0.2) is 11.5 Å². The van der Waals surface area contributed by atoms with Crippen LogP contribution < -0.4 is 14.8 Å². The van der Waals surface area contributed by atoms with Crippen molar-refractivity contribution in [2.75, 3.05) is 31.6 Å². The molecule has 3 aromatic rings. The first-order valence-corrected chi connectivity index (χ1v) is 11.2. The van der Waals surface area contributed by atoms with Crippen molar-refractivity contribution in [1.82, 2.24) is 14.7 Å². The fourth-order valence-electron chi connectivity index (χ4n) is 4.50. The number of benzene rings is 2. The smallest absolute Gasteiger partial charge is 0.239 e. The number of hydrogen-bond acceptors (Lipinski definition) is 5. The topological polar surface area (TPSA) is 68.6 Å². The second-order valence-electron chi connectivity index (χ2n) is 8.35. The molecule has 0 radical (unpaired) electrons. The average molecular weight is 433 g/mol. The Labute approximate surface area is 187 Å². The standard InChI is InChI=1S/C25H28N4O3/c1-18-15-24(29(27-18)20-7-3-2-4-8-20)26-25(30)17-28-12-5-9-21(28)19-10-11-22-23(16-19)32-14-6-13-31-22/h2-4,7-8,10-11,15-16,21H,5-6,9,12-14,17H2,1H3,(H,26,30). The number of likely N-dealkylation sites (tertiary alicyclic amines) is 1. The molecule has 3 heterocycles. The van der Waals surface area contributed by atoms with Crippen LogP contribution in [0.3, 0.4) is 0 Å². The highest BCUT2D eigenvalue weighted by atomic mass is 16.5. The summed E-state index contributed by atoms with van der Waals surface area (Å²) in [7, 11) is 0. The molecule has 0 aliphatic carbocycles. The van der Waals surface area contributed by atoms with Gasteiger partial charge in [0.2, 0.25) is 5.91 Å². The van der Waals surface area contributed by atoms with Gasteiger partial charge < -0.3 is 14.8 Å². The van der Waals surface area contributed by atoms with E-state index < -0.39 is 0 Å². The van der Waals surface area contributed by atoms with E-state index in [0.717, 1.165) is 48.7 Å². The van der Waals surface area contributed by atoms with Gasteiger partial charge in [0.05, 0.1) is 31.1 Å². The molecule has 32 heavy (non-hydrogen) atoms. The van der Waals surface area contributed by atoms with Gasteiger partial charge >= 0.3 is 0 Å². The molecular formula is C25H28N4O3. The summed E-state index contributed by atoms with van der Waals surface area (Å²) in [5, 5.41) is 7.60. The van der Waals surface area contributed by atoms with Crippen molar-refractivity contribution >= 4 is 11.7 Å². The minimum atomic E-state index is -0.0386. The van der Waals surface area contributed by atoms with Crippen LogP contribution in [0.5, 0.6) is 11.5 Å². The number of ether oxygens (including phenoxy) is 2. The minimum Gasteiger partial charge on any atom is -0.490 e. The van der Waals surface area contributed by atoms with E-state index in [1.165, 1.54) is 5.56 Å². The zero-order valence-electron chi connectivity index (χ0n) is 18.3. The van der Waals surface area contributed by atoms with Crippen LogP contribution in [-0.2, 0) is 4.79 Å². The molecule has 1 unspecified atom stereocenters. The van der Waals surface area contributed by atoms with E-state index in [1.807, 2.05) is 49.4 Å². The van der Waals surface area contributed by atoms with E-state index in [4.69, 9.17) is 9.47 Å². The van der Waals surface area contributed by atoms with Crippen molar-refractivity contribution in [3.63, 3.8) is 0 Å². The third-order valence-corrected chi connectivity index (χ3v) is 5.97. The molecule has 1 atom stereocenters. The molecule has 2 aliphatic rings. The number of nitrogens with one attached hydrogen (secondary N) is 1. The molecule has 2 aromatic carbocycles. The van der Waals surface area contributed by atoms with E-state index in [9.17, 15) is 4.79 Å². The fourth-order valence-corrected chi connectivity index (χ4v) is 4.50. The van der Waals surface area contributed by atoms with Crippen LogP contribution >= 0.6 is 0 Å². The molecule has 7 heteroatoms. The van der Waals surface area contributed by atoms with Crippen LogP contribution in [0.1, 0.15) is 36.6 Å². The molecule has 0 spiro atoms. The average Bonchev–Trinajstić information content (AvgIpc) is 3.32. The predicted molar refractivity (Wildman–Crippen MR) is 123 cm³/mol. The Hall–Kier alpha value is -3.32. The van der Waals surface area contributed by atoms with Crippen molar-refractivity contribution in [1.29, 1.82) is 0 Å². The SMILES string of the molecule is Cc1cc(NC(=O)CN2CCCC2c2ccc3c(c2)OCCCO3)n(-c2ccccc2)n1. The zero-order chi connectivity index (χ0) is 21.9. The van der Waals surface area contributed by atoms with Gasteiger partial charge in [0.1, 0.15) is 5.82 Å². The molecule has 1 fully saturated rings. The first kappa shape index (κ1) is 20.6. The van der Waals surface area contributed by atoms with Gasteiger partial charge in [-0.15, -0.1) is 0 Å². The molecule has 1 amide bonds. The Kier molecular flexibility index (Phi) is 5.81. The lowest BCUT2D eigenvalue weighted by Gasteiger charge is -2.25. The minimum absolute atomic E-state index is 0.0386. The highest BCUT2D eigenvalue weighted by Crippen LogP contribution is 2.37. The summed E-state index contributed by atoms with van der Waals surface area (Å²) < 4.78 is 13.4. The van der Waals surface area contributed by atoms with Gasteiger partial charge in [0, 0.05) is 18.5 Å². The lowest BCUT2D eigenvalue weighted by atomic mass is 10.0. The quantitative estimate of drug-likeness (QED) is 0.657. The number of hydrogen-bond donors (Lipinski definition) is 1. The second kappa shape index (κ2) is 9.04. The number of aryl methyl sites for hydroxylation is 1. The van der Waals surface area contributed by atoms with Crippen LogP contribution in [-0.4, -0.2) is 46.9 Å². The Morgan fingerprint density at radius 1 is 1.06 bits per heavy atom. The number of fused-ring (bicyclic) bond motifs is 1. The molecule has 5 rings (SSSR count). The Bertz CT molecular complexity index is 1100. The Morgan fingerprint density at radius 3 is 2.72 bits per heavy atom. The molecule has 1 aromatic heterocycles. The van der Waals surface area contributed by atoms with Gasteiger partial charge in [-0.2, -0.15) is 5.10 Å². The lowest BCUT2D eigenvalue weighted by molar-refractivity contribution is -0.117. The van der Waals surface area contributed by atoms with Gasteiger partial charge in [-0.1, -0.05) is 24.3 Å². The number of aromatic nitrogens is 2. The van der Waals surface area contributed by atoms with Crippen LogP contribution in [0.15, 0.2) is 54.6 Å². The van der Waals surface area contributed by atoms with Crippen molar-refractivity contribution in [2.45, 2.75) is 32.2 Å². The summed E-state index contributed by atoms with van der Waals surface area (Å²) >= 11 is 0. The van der Waals surface area contributed by atoms with E-state index >= 15 is 0 Å². The second-order valence-corrected chi connectivity index (χ2v) is 8.35. The molecule has 0 saturated carbocycles. The van der Waals surface area contributed by atoms with Gasteiger partial charge in [-0.05, 0) is 56.1 Å². The van der Waals surface area contributed by atoms with Crippen molar-refractivity contribution in [2.24, 2.45) is 0 Å². The number of rotatable bonds is 5. The monoisotopic (exact) mass is 432 g/mol. The molecule has 1 N–H and O–H groups in total. The Morgan fingerprint density at radius 2 is 1.88 bits per heavy atom. The summed E-state index contributed by atoms with van der Waals surface area (Å²) in [6, 6.07) is 18.1. The highest BCUT2D eigenvalue weighted by molar-refractivity contribution is 5.91. The first-order valence-electron chi connectivity index (χ1n) is 11.2. The molecule has 2 aliphatic heterocycles. The molecule has 166 valence electrons. The number of amides is 1. The van der Waals surface area contributed by atoms with E-state index in [-0.39, 0.29) is 11.9 Å². The largest absolute Gasteiger partial charge is 0.490 e. The van der Waals surface area contributed by atoms with E-state index in [2.05, 4.69) is 27.4 Å². The number of carbonyl (C=O) groups excluding carboxylic acids is 1. The maximum Gasteiger partial charge on any atom is 0.239 e. The molecule has 1 saturated heterocycles. The van der Waals surface area contributed by atoms with Crippen LogP contribution in [0.25, 0.3) is 5.69 Å². The first-order chi connectivity index (χ1) is 15.7. The highest BCUT2D eigenvalue weighted by Gasteiger charge is 2.29. The summed E-state index contributed by atoms with van der Waals surface area (Å²) in [5.74, 6) is 2.25. The van der Waals surface area contributed by atoms with Crippen LogP contribution in [0.2, 0.25) is 0 Å². The number of carbonyl (C=O) groups is 1. The summed E-state index contributed by atoms with van der Waals surface area (Å²) in [6.07, 6.45) is 2.97. The molecular weight excluding hydrogens is 404 g/mol.